The standard InChI is InChI=1S/C32H53NO3/c1-6-32(36-5)16-7-19-33(21-32)29(35)13-8-22(2)26-11-12-27-25-10-9-23-20-24(34)14-17-30(23,3)28(25)15-18-31(26,27)4/h9,22,24-28,34H,6-8,10-21H2,1-5H3/t22-,24+,25+,26-,27+,28+,30+,31-,32?/m1/s1. The number of aliphatic hydroxyl groups excluding tert-OH is 1. The molecule has 36 heavy (non-hydrogen) atoms. The summed E-state index contributed by atoms with van der Waals surface area (Å²) in [6.45, 7) is 11.5. The van der Waals surface area contributed by atoms with Crippen molar-refractivity contribution in [2.75, 3.05) is 20.2 Å². The lowest BCUT2D eigenvalue weighted by atomic mass is 9.47. The molecule has 0 aromatic carbocycles. The molecule has 204 valence electrons. The maximum absolute atomic E-state index is 13.2. The van der Waals surface area contributed by atoms with Crippen molar-refractivity contribution in [1.82, 2.24) is 4.90 Å². The quantitative estimate of drug-likeness (QED) is 0.411. The van der Waals surface area contributed by atoms with Crippen molar-refractivity contribution in [1.29, 1.82) is 0 Å². The minimum Gasteiger partial charge on any atom is -0.393 e. The number of aliphatic hydroxyl groups is 1. The molecule has 9 atom stereocenters. The smallest absolute Gasteiger partial charge is 0.222 e. The van der Waals surface area contributed by atoms with Gasteiger partial charge in [-0.15, -0.1) is 0 Å². The number of allylic oxidation sites excluding steroid dienone is 1. The maximum atomic E-state index is 13.2. The Bertz CT molecular complexity index is 848. The summed E-state index contributed by atoms with van der Waals surface area (Å²) in [4.78, 5) is 15.3. The Kier molecular flexibility index (Phi) is 7.44. The van der Waals surface area contributed by atoms with E-state index in [4.69, 9.17) is 4.74 Å². The molecule has 0 radical (unpaired) electrons. The summed E-state index contributed by atoms with van der Waals surface area (Å²) in [7, 11) is 1.81. The fourth-order valence-corrected chi connectivity index (χ4v) is 10.2. The number of amides is 1. The van der Waals surface area contributed by atoms with Gasteiger partial charge < -0.3 is 14.7 Å². The van der Waals surface area contributed by atoms with Gasteiger partial charge in [-0.05, 0) is 117 Å². The molecular weight excluding hydrogens is 446 g/mol. The van der Waals surface area contributed by atoms with E-state index in [1.807, 2.05) is 7.11 Å². The van der Waals surface area contributed by atoms with Crippen LogP contribution in [0.4, 0.5) is 0 Å². The lowest BCUT2D eigenvalue weighted by Gasteiger charge is -2.58. The third-order valence-corrected chi connectivity index (χ3v) is 12.6. The van der Waals surface area contributed by atoms with Crippen molar-refractivity contribution in [3.05, 3.63) is 11.6 Å². The Labute approximate surface area is 220 Å². The highest BCUT2D eigenvalue weighted by Crippen LogP contribution is 2.67. The molecule has 5 aliphatic rings. The average Bonchev–Trinajstić information content (AvgIpc) is 3.24. The van der Waals surface area contributed by atoms with Crippen molar-refractivity contribution in [2.45, 2.75) is 123 Å². The summed E-state index contributed by atoms with van der Waals surface area (Å²) < 4.78 is 5.87. The van der Waals surface area contributed by atoms with E-state index in [9.17, 15) is 9.90 Å². The zero-order valence-corrected chi connectivity index (χ0v) is 23.9. The number of hydrogen-bond donors (Lipinski definition) is 1. The first-order valence-corrected chi connectivity index (χ1v) is 15.4. The van der Waals surface area contributed by atoms with Gasteiger partial charge in [0.2, 0.25) is 5.91 Å². The molecule has 1 heterocycles. The van der Waals surface area contributed by atoms with Crippen molar-refractivity contribution >= 4 is 5.91 Å². The zero-order valence-electron chi connectivity index (χ0n) is 23.9. The second-order valence-electron chi connectivity index (χ2n) is 14.1. The van der Waals surface area contributed by atoms with Crippen LogP contribution in [0.5, 0.6) is 0 Å². The summed E-state index contributed by atoms with van der Waals surface area (Å²) >= 11 is 0. The number of rotatable bonds is 6. The van der Waals surface area contributed by atoms with Crippen molar-refractivity contribution < 1.29 is 14.6 Å². The largest absolute Gasteiger partial charge is 0.393 e. The molecule has 1 amide bonds. The molecule has 0 aromatic rings. The Morgan fingerprint density at radius 2 is 1.97 bits per heavy atom. The molecule has 1 unspecified atom stereocenters. The predicted molar refractivity (Wildman–Crippen MR) is 145 cm³/mol. The average molecular weight is 500 g/mol. The Balaban J connectivity index is 1.22. The van der Waals surface area contributed by atoms with E-state index in [1.54, 1.807) is 5.57 Å². The molecule has 0 bridgehead atoms. The Morgan fingerprint density at radius 1 is 1.17 bits per heavy atom. The van der Waals surface area contributed by atoms with Crippen LogP contribution in [0, 0.1) is 40.4 Å². The van der Waals surface area contributed by atoms with Crippen LogP contribution in [0.25, 0.3) is 0 Å². The highest BCUT2D eigenvalue weighted by Gasteiger charge is 2.59. The molecule has 5 rings (SSSR count). The van der Waals surface area contributed by atoms with E-state index in [0.717, 1.165) is 75.3 Å². The normalized spacial score (nSPS) is 45.3. The molecular formula is C32H53NO3. The molecule has 3 saturated carbocycles. The fraction of sp³-hybridized carbons (Fsp3) is 0.906. The SMILES string of the molecule is CCC1(OC)CCCN(C(=O)CC[C@@H](C)[C@H]2CC[C@H]3[C@@H]4CC=C5C[C@@H](O)CC[C@]5(C)[C@H]4CC[C@]23C)C1. The second kappa shape index (κ2) is 10.0. The molecule has 0 spiro atoms. The van der Waals surface area contributed by atoms with Crippen LogP contribution >= 0.6 is 0 Å². The van der Waals surface area contributed by atoms with Crippen molar-refractivity contribution in [3.8, 4) is 0 Å². The minimum absolute atomic E-state index is 0.119. The lowest BCUT2D eigenvalue weighted by molar-refractivity contribution is -0.141. The third kappa shape index (κ3) is 4.40. The van der Waals surface area contributed by atoms with Crippen LogP contribution < -0.4 is 0 Å². The molecule has 1 N–H and O–H groups in total. The third-order valence-electron chi connectivity index (χ3n) is 12.6. The number of ether oxygens (including phenoxy) is 1. The van der Waals surface area contributed by atoms with Crippen LogP contribution in [-0.4, -0.2) is 47.8 Å². The number of hydrogen-bond acceptors (Lipinski definition) is 3. The zero-order chi connectivity index (χ0) is 25.7. The van der Waals surface area contributed by atoms with Gasteiger partial charge in [-0.2, -0.15) is 0 Å². The van der Waals surface area contributed by atoms with Crippen molar-refractivity contribution in [3.63, 3.8) is 0 Å². The van der Waals surface area contributed by atoms with E-state index in [-0.39, 0.29) is 11.7 Å². The number of likely N-dealkylation sites (tertiary alicyclic amines) is 1. The van der Waals surface area contributed by atoms with E-state index >= 15 is 0 Å². The Hall–Kier alpha value is -0.870. The van der Waals surface area contributed by atoms with Crippen LogP contribution in [0.15, 0.2) is 11.6 Å². The van der Waals surface area contributed by atoms with Crippen molar-refractivity contribution in [2.24, 2.45) is 40.4 Å². The molecule has 0 aromatic heterocycles. The van der Waals surface area contributed by atoms with E-state index in [0.29, 0.717) is 29.1 Å². The molecule has 4 fully saturated rings. The molecule has 1 aliphatic heterocycles. The highest BCUT2D eigenvalue weighted by atomic mass is 16.5. The Morgan fingerprint density at radius 3 is 2.72 bits per heavy atom. The summed E-state index contributed by atoms with van der Waals surface area (Å²) in [5, 5.41) is 10.3. The van der Waals surface area contributed by atoms with Crippen LogP contribution in [0.1, 0.15) is 111 Å². The van der Waals surface area contributed by atoms with Gasteiger partial charge in [-0.3, -0.25) is 4.79 Å². The molecule has 4 nitrogen and oxygen atoms in total. The van der Waals surface area contributed by atoms with Gasteiger partial charge in [0.1, 0.15) is 0 Å². The number of carbonyl (C=O) groups excluding carboxylic acids is 1. The van der Waals surface area contributed by atoms with E-state index in [1.165, 1.54) is 38.5 Å². The van der Waals surface area contributed by atoms with Gasteiger partial charge >= 0.3 is 0 Å². The predicted octanol–water partition coefficient (Wildman–Crippen LogP) is 6.76. The van der Waals surface area contributed by atoms with E-state index in [2.05, 4.69) is 38.7 Å². The number of nitrogens with zero attached hydrogens (tertiary/aromatic N) is 1. The van der Waals surface area contributed by atoms with Gasteiger partial charge in [0.15, 0.2) is 0 Å². The fourth-order valence-electron chi connectivity index (χ4n) is 10.2. The number of carbonyl (C=O) groups is 1. The topological polar surface area (TPSA) is 49.8 Å². The van der Waals surface area contributed by atoms with Crippen LogP contribution in [-0.2, 0) is 9.53 Å². The number of fused-ring (bicyclic) bond motifs is 5. The summed E-state index contributed by atoms with van der Waals surface area (Å²) in [6, 6.07) is 0. The minimum atomic E-state index is -0.133. The number of piperidine rings is 1. The highest BCUT2D eigenvalue weighted by molar-refractivity contribution is 5.76. The second-order valence-corrected chi connectivity index (χ2v) is 14.1. The molecule has 4 heteroatoms. The lowest BCUT2D eigenvalue weighted by Crippen LogP contribution is -2.51. The van der Waals surface area contributed by atoms with Gasteiger partial charge in [-0.1, -0.05) is 39.3 Å². The number of methoxy groups -OCH3 is 1. The summed E-state index contributed by atoms with van der Waals surface area (Å²) in [5.41, 5.74) is 2.19. The van der Waals surface area contributed by atoms with Gasteiger partial charge in [0.05, 0.1) is 11.7 Å². The van der Waals surface area contributed by atoms with E-state index < -0.39 is 0 Å². The van der Waals surface area contributed by atoms with Gasteiger partial charge in [0, 0.05) is 26.6 Å². The first-order valence-electron chi connectivity index (χ1n) is 15.4. The first kappa shape index (κ1) is 26.7. The van der Waals surface area contributed by atoms with Crippen LogP contribution in [0.2, 0.25) is 0 Å². The maximum Gasteiger partial charge on any atom is 0.222 e. The summed E-state index contributed by atoms with van der Waals surface area (Å²) in [6.07, 6.45) is 17.0. The molecule has 1 saturated heterocycles. The van der Waals surface area contributed by atoms with Crippen LogP contribution in [0.3, 0.4) is 0 Å². The van der Waals surface area contributed by atoms with Gasteiger partial charge in [0.25, 0.3) is 0 Å². The molecule has 4 aliphatic carbocycles. The van der Waals surface area contributed by atoms with Gasteiger partial charge in [-0.25, -0.2) is 0 Å². The first-order chi connectivity index (χ1) is 17.2. The monoisotopic (exact) mass is 499 g/mol. The summed E-state index contributed by atoms with van der Waals surface area (Å²) in [5.74, 6) is 4.15.